The molecule has 1 N–H and O–H groups in total. The highest BCUT2D eigenvalue weighted by Gasteiger charge is 2.26. The molecule has 5 nitrogen and oxygen atoms in total. The number of nitrogens with zero attached hydrogens (tertiary/aromatic N) is 1. The summed E-state index contributed by atoms with van der Waals surface area (Å²) in [5, 5.41) is 11.0. The highest BCUT2D eigenvalue weighted by atomic mass is 16.5. The number of ether oxygens (including phenoxy) is 2. The fourth-order valence-corrected chi connectivity index (χ4v) is 1.52. The summed E-state index contributed by atoms with van der Waals surface area (Å²) in [7, 11) is 0. The van der Waals surface area contributed by atoms with Crippen LogP contribution in [0.15, 0.2) is 0 Å². The lowest BCUT2D eigenvalue weighted by Gasteiger charge is -2.28. The highest BCUT2D eigenvalue weighted by molar-refractivity contribution is 5.73. The van der Waals surface area contributed by atoms with Gasteiger partial charge >= 0.3 is 0 Å². The van der Waals surface area contributed by atoms with Crippen molar-refractivity contribution in [1.29, 1.82) is 5.26 Å². The molecule has 1 aliphatic rings. The van der Waals surface area contributed by atoms with E-state index < -0.39 is 6.23 Å². The van der Waals surface area contributed by atoms with Crippen LogP contribution in [0.3, 0.4) is 0 Å². The molecule has 0 bridgehead atoms. The van der Waals surface area contributed by atoms with Crippen LogP contribution in [0.25, 0.3) is 0 Å². The van der Waals surface area contributed by atoms with Crippen molar-refractivity contribution in [3.8, 4) is 6.26 Å². The fraction of sp³-hybridized carbons (Fsp3) is 0.778. The van der Waals surface area contributed by atoms with Gasteiger partial charge in [0.05, 0.1) is 0 Å². The van der Waals surface area contributed by atoms with Gasteiger partial charge in [-0.3, -0.25) is 4.79 Å². The van der Waals surface area contributed by atoms with Gasteiger partial charge in [0.15, 0.2) is 6.23 Å². The molecular formula is C9H14N2O3. The summed E-state index contributed by atoms with van der Waals surface area (Å²) in [5.74, 6) is -0.0101. The van der Waals surface area contributed by atoms with Gasteiger partial charge in [0.25, 0.3) is 6.26 Å². The Morgan fingerprint density at radius 2 is 2.29 bits per heavy atom. The van der Waals surface area contributed by atoms with E-state index in [2.05, 4.69) is 5.32 Å². The normalized spacial score (nSPS) is 19.4. The van der Waals surface area contributed by atoms with E-state index in [9.17, 15) is 4.79 Å². The molecule has 0 radical (unpaired) electrons. The first-order chi connectivity index (χ1) is 6.74. The number of carbonyl (C=O) groups excluding carboxylic acids is 1. The summed E-state index contributed by atoms with van der Waals surface area (Å²) in [6.45, 7) is 2.73. The third-order valence-electron chi connectivity index (χ3n) is 2.22. The number of hydrogen-bond donors (Lipinski definition) is 1. The predicted octanol–water partition coefficient (Wildman–Crippen LogP) is 0.373. The van der Waals surface area contributed by atoms with Crippen LogP contribution in [0.2, 0.25) is 0 Å². The molecule has 78 valence electrons. The van der Waals surface area contributed by atoms with Crippen LogP contribution < -0.4 is 5.32 Å². The second-order valence-corrected chi connectivity index (χ2v) is 3.28. The molecule has 1 rings (SSSR count). The second kappa shape index (κ2) is 5.45. The molecule has 0 saturated carbocycles. The summed E-state index contributed by atoms with van der Waals surface area (Å²) >= 11 is 0. The molecule has 0 aromatic heterocycles. The van der Waals surface area contributed by atoms with E-state index in [4.69, 9.17) is 14.7 Å². The maximum atomic E-state index is 10.8. The van der Waals surface area contributed by atoms with Crippen molar-refractivity contribution in [3.63, 3.8) is 0 Å². The van der Waals surface area contributed by atoms with Gasteiger partial charge in [-0.05, 0) is 12.8 Å². The first-order valence-electron chi connectivity index (χ1n) is 4.63. The fourth-order valence-electron chi connectivity index (χ4n) is 1.52. The Labute approximate surface area is 83.0 Å². The van der Waals surface area contributed by atoms with Crippen LogP contribution in [0, 0.1) is 17.4 Å². The van der Waals surface area contributed by atoms with Gasteiger partial charge in [-0.2, -0.15) is 5.26 Å². The van der Waals surface area contributed by atoms with E-state index in [1.165, 1.54) is 6.92 Å². The summed E-state index contributed by atoms with van der Waals surface area (Å²) in [6, 6.07) is 0. The number of amides is 1. The standard InChI is InChI=1S/C9H14N2O3/c1-7(12)11-9(14-6-10)8-2-4-13-5-3-8/h8-9H,2-5H2,1H3,(H,11,12). The van der Waals surface area contributed by atoms with Crippen LogP contribution in [-0.4, -0.2) is 25.3 Å². The Kier molecular flexibility index (Phi) is 4.20. The van der Waals surface area contributed by atoms with Gasteiger partial charge in [0, 0.05) is 26.1 Å². The molecule has 5 heteroatoms. The molecule has 0 aromatic rings. The second-order valence-electron chi connectivity index (χ2n) is 3.28. The monoisotopic (exact) mass is 198 g/mol. The van der Waals surface area contributed by atoms with Crippen molar-refractivity contribution in [1.82, 2.24) is 5.32 Å². The van der Waals surface area contributed by atoms with E-state index in [0.29, 0.717) is 13.2 Å². The largest absolute Gasteiger partial charge is 0.402 e. The van der Waals surface area contributed by atoms with E-state index in [1.54, 1.807) is 6.26 Å². The van der Waals surface area contributed by atoms with Crippen molar-refractivity contribution < 1.29 is 14.3 Å². The Hall–Kier alpha value is -1.28. The van der Waals surface area contributed by atoms with Gasteiger partial charge in [-0.15, -0.1) is 0 Å². The van der Waals surface area contributed by atoms with Crippen molar-refractivity contribution in [2.45, 2.75) is 26.0 Å². The molecule has 1 unspecified atom stereocenters. The van der Waals surface area contributed by atoms with E-state index >= 15 is 0 Å². The van der Waals surface area contributed by atoms with E-state index in [-0.39, 0.29) is 11.8 Å². The van der Waals surface area contributed by atoms with Crippen LogP contribution in [0.1, 0.15) is 19.8 Å². The Morgan fingerprint density at radius 1 is 1.64 bits per heavy atom. The number of nitriles is 1. The van der Waals surface area contributed by atoms with Gasteiger partial charge in [0.2, 0.25) is 5.91 Å². The van der Waals surface area contributed by atoms with Gasteiger partial charge in [-0.1, -0.05) is 0 Å². The molecular weight excluding hydrogens is 184 g/mol. The van der Waals surface area contributed by atoms with Gasteiger partial charge in [-0.25, -0.2) is 0 Å². The number of nitrogens with one attached hydrogen (secondary N) is 1. The maximum absolute atomic E-state index is 10.8. The molecule has 1 saturated heterocycles. The zero-order chi connectivity index (χ0) is 10.4. The van der Waals surface area contributed by atoms with Crippen LogP contribution >= 0.6 is 0 Å². The molecule has 1 amide bonds. The quantitative estimate of drug-likeness (QED) is 0.525. The van der Waals surface area contributed by atoms with E-state index in [1.807, 2.05) is 0 Å². The van der Waals surface area contributed by atoms with Crippen molar-refractivity contribution in [2.75, 3.05) is 13.2 Å². The Bertz CT molecular complexity index is 231. The minimum absolute atomic E-state index is 0.173. The van der Waals surface area contributed by atoms with Crippen molar-refractivity contribution in [2.24, 2.45) is 5.92 Å². The maximum Gasteiger partial charge on any atom is 0.288 e. The Balaban J connectivity index is 2.47. The average Bonchev–Trinajstić information content (AvgIpc) is 2.18. The predicted molar refractivity (Wildman–Crippen MR) is 47.8 cm³/mol. The van der Waals surface area contributed by atoms with Crippen LogP contribution in [0.4, 0.5) is 0 Å². The molecule has 1 aliphatic heterocycles. The lowest BCUT2D eigenvalue weighted by molar-refractivity contribution is -0.124. The first kappa shape index (κ1) is 10.8. The number of carbonyl (C=O) groups is 1. The zero-order valence-corrected chi connectivity index (χ0v) is 8.16. The average molecular weight is 198 g/mol. The number of rotatable bonds is 3. The first-order valence-corrected chi connectivity index (χ1v) is 4.63. The number of hydrogen-bond acceptors (Lipinski definition) is 4. The van der Waals surface area contributed by atoms with Crippen molar-refractivity contribution >= 4 is 5.91 Å². The lowest BCUT2D eigenvalue weighted by atomic mass is 9.98. The smallest absolute Gasteiger partial charge is 0.288 e. The molecule has 1 atom stereocenters. The topological polar surface area (TPSA) is 71.3 Å². The van der Waals surface area contributed by atoms with E-state index in [0.717, 1.165) is 12.8 Å². The minimum Gasteiger partial charge on any atom is -0.402 e. The SMILES string of the molecule is CC(=O)NC(OC#N)C1CCOCC1. The highest BCUT2D eigenvalue weighted by Crippen LogP contribution is 2.19. The van der Waals surface area contributed by atoms with Gasteiger partial charge < -0.3 is 14.8 Å². The Morgan fingerprint density at radius 3 is 2.79 bits per heavy atom. The summed E-state index contributed by atoms with van der Waals surface area (Å²) < 4.78 is 9.99. The van der Waals surface area contributed by atoms with Gasteiger partial charge in [0.1, 0.15) is 0 Å². The molecule has 0 aliphatic carbocycles. The molecule has 0 aromatic carbocycles. The minimum atomic E-state index is -0.499. The third kappa shape index (κ3) is 3.23. The zero-order valence-electron chi connectivity index (χ0n) is 8.16. The summed E-state index contributed by atoms with van der Waals surface area (Å²) in [4.78, 5) is 10.8. The molecule has 0 spiro atoms. The van der Waals surface area contributed by atoms with Crippen LogP contribution in [0.5, 0.6) is 0 Å². The summed E-state index contributed by atoms with van der Waals surface area (Å²) in [5.41, 5.74) is 0. The van der Waals surface area contributed by atoms with Crippen molar-refractivity contribution in [3.05, 3.63) is 0 Å². The lowest BCUT2D eigenvalue weighted by Crippen LogP contribution is -2.42. The molecule has 1 heterocycles. The summed E-state index contributed by atoms with van der Waals surface area (Å²) in [6.07, 6.45) is 2.74. The van der Waals surface area contributed by atoms with Crippen LogP contribution in [-0.2, 0) is 14.3 Å². The molecule has 1 fully saturated rings. The third-order valence-corrected chi connectivity index (χ3v) is 2.22. The molecule has 14 heavy (non-hydrogen) atoms.